The summed E-state index contributed by atoms with van der Waals surface area (Å²) in [5.74, 6) is 0.763. The van der Waals surface area contributed by atoms with Crippen LogP contribution in [-0.4, -0.2) is 19.9 Å². The van der Waals surface area contributed by atoms with Gasteiger partial charge in [0.2, 0.25) is 0 Å². The first-order chi connectivity index (χ1) is 8.54. The van der Waals surface area contributed by atoms with Crippen LogP contribution < -0.4 is 4.74 Å². The summed E-state index contributed by atoms with van der Waals surface area (Å²) in [6.45, 7) is 8.03. The molecule has 2 heterocycles. The maximum absolute atomic E-state index is 5.57. The van der Waals surface area contributed by atoms with Crippen LogP contribution in [-0.2, 0) is 6.61 Å². The standard InChI is InChI=1S/C13H16N4O/c1-8-5-9(2)16-13(15-8)18-7-12-6-14-11(4)17-10(12)3/h5-6H,7H2,1-4H3. The second-order valence-corrected chi connectivity index (χ2v) is 4.25. The molecule has 5 heteroatoms. The zero-order valence-corrected chi connectivity index (χ0v) is 11.1. The molecule has 0 spiro atoms. The Kier molecular flexibility index (Phi) is 3.50. The van der Waals surface area contributed by atoms with Gasteiger partial charge in [0.25, 0.3) is 0 Å². The molecule has 2 rings (SSSR count). The molecule has 0 aliphatic heterocycles. The molecule has 0 aliphatic carbocycles. The zero-order chi connectivity index (χ0) is 13.1. The Labute approximate surface area is 106 Å². The molecule has 0 N–H and O–H groups in total. The molecule has 0 atom stereocenters. The summed E-state index contributed by atoms with van der Waals surface area (Å²) in [7, 11) is 0. The van der Waals surface area contributed by atoms with Crippen LogP contribution in [0.3, 0.4) is 0 Å². The van der Waals surface area contributed by atoms with Crippen molar-refractivity contribution in [1.82, 2.24) is 19.9 Å². The van der Waals surface area contributed by atoms with Crippen LogP contribution in [0, 0.1) is 27.7 Å². The van der Waals surface area contributed by atoms with Crippen molar-refractivity contribution in [2.45, 2.75) is 34.3 Å². The van der Waals surface area contributed by atoms with Gasteiger partial charge in [0.1, 0.15) is 12.4 Å². The molecule has 0 amide bonds. The number of hydrogen-bond acceptors (Lipinski definition) is 5. The first-order valence-corrected chi connectivity index (χ1v) is 5.79. The van der Waals surface area contributed by atoms with Gasteiger partial charge in [-0.25, -0.2) is 19.9 Å². The summed E-state index contributed by atoms with van der Waals surface area (Å²) in [5.41, 5.74) is 3.67. The largest absolute Gasteiger partial charge is 0.458 e. The molecule has 5 nitrogen and oxygen atoms in total. The summed E-state index contributed by atoms with van der Waals surface area (Å²) < 4.78 is 5.57. The third-order valence-electron chi connectivity index (χ3n) is 2.52. The topological polar surface area (TPSA) is 60.8 Å². The van der Waals surface area contributed by atoms with E-state index >= 15 is 0 Å². The molecule has 18 heavy (non-hydrogen) atoms. The SMILES string of the molecule is Cc1cc(C)nc(OCc2cnc(C)nc2C)n1. The summed E-state index contributed by atoms with van der Waals surface area (Å²) in [5, 5.41) is 0. The number of rotatable bonds is 3. The van der Waals surface area contributed by atoms with Gasteiger partial charge >= 0.3 is 6.01 Å². The molecule has 2 aromatic rings. The predicted octanol–water partition coefficient (Wildman–Crippen LogP) is 2.08. The van der Waals surface area contributed by atoms with E-state index in [0.29, 0.717) is 12.6 Å². The van der Waals surface area contributed by atoms with Gasteiger partial charge in [-0.1, -0.05) is 0 Å². The molecule has 0 aromatic carbocycles. The van der Waals surface area contributed by atoms with Gasteiger partial charge < -0.3 is 4.74 Å². The van der Waals surface area contributed by atoms with E-state index in [1.54, 1.807) is 6.20 Å². The lowest BCUT2D eigenvalue weighted by Gasteiger charge is -2.07. The number of aryl methyl sites for hydroxylation is 4. The molecule has 0 radical (unpaired) electrons. The number of nitrogens with zero attached hydrogens (tertiary/aromatic N) is 4. The summed E-state index contributed by atoms with van der Waals surface area (Å²) >= 11 is 0. The first-order valence-electron chi connectivity index (χ1n) is 5.79. The van der Waals surface area contributed by atoms with Crippen molar-refractivity contribution in [3.05, 3.63) is 40.7 Å². The molecule has 0 fully saturated rings. The fraction of sp³-hybridized carbons (Fsp3) is 0.385. The smallest absolute Gasteiger partial charge is 0.317 e. The molecule has 0 saturated carbocycles. The Hall–Kier alpha value is -2.04. The van der Waals surface area contributed by atoms with Gasteiger partial charge in [-0.2, -0.15) is 0 Å². The van der Waals surface area contributed by atoms with Gasteiger partial charge in [0.15, 0.2) is 0 Å². The van der Waals surface area contributed by atoms with Gasteiger partial charge in [-0.15, -0.1) is 0 Å². The third kappa shape index (κ3) is 3.00. The summed E-state index contributed by atoms with van der Waals surface area (Å²) in [4.78, 5) is 16.9. The van der Waals surface area contributed by atoms with Crippen molar-refractivity contribution in [2.75, 3.05) is 0 Å². The van der Waals surface area contributed by atoms with Crippen LogP contribution >= 0.6 is 0 Å². The monoisotopic (exact) mass is 244 g/mol. The molecule has 0 saturated heterocycles. The van der Waals surface area contributed by atoms with E-state index < -0.39 is 0 Å². The highest BCUT2D eigenvalue weighted by atomic mass is 16.5. The van der Waals surface area contributed by atoms with E-state index in [9.17, 15) is 0 Å². The van der Waals surface area contributed by atoms with Gasteiger partial charge in [0, 0.05) is 28.8 Å². The first kappa shape index (κ1) is 12.4. The molecule has 0 aliphatic rings. The van der Waals surface area contributed by atoms with Crippen molar-refractivity contribution in [3.8, 4) is 6.01 Å². The molecule has 94 valence electrons. The van der Waals surface area contributed by atoms with E-state index in [0.717, 1.165) is 28.5 Å². The average Bonchev–Trinajstić information content (AvgIpc) is 2.26. The lowest BCUT2D eigenvalue weighted by Crippen LogP contribution is -2.05. The minimum absolute atomic E-state index is 0.384. The van der Waals surface area contributed by atoms with E-state index in [2.05, 4.69) is 19.9 Å². The van der Waals surface area contributed by atoms with Crippen LogP contribution in [0.2, 0.25) is 0 Å². The summed E-state index contributed by atoms with van der Waals surface area (Å²) in [6, 6.07) is 2.31. The second-order valence-electron chi connectivity index (χ2n) is 4.25. The quantitative estimate of drug-likeness (QED) is 0.827. The maximum Gasteiger partial charge on any atom is 0.317 e. The number of hydrogen-bond donors (Lipinski definition) is 0. The van der Waals surface area contributed by atoms with Crippen LogP contribution in [0.1, 0.15) is 28.5 Å². The van der Waals surface area contributed by atoms with Crippen molar-refractivity contribution in [1.29, 1.82) is 0 Å². The van der Waals surface area contributed by atoms with Gasteiger partial charge in [-0.3, -0.25) is 0 Å². The van der Waals surface area contributed by atoms with Crippen molar-refractivity contribution in [2.24, 2.45) is 0 Å². The van der Waals surface area contributed by atoms with Crippen molar-refractivity contribution >= 4 is 0 Å². The highest BCUT2D eigenvalue weighted by molar-refractivity contribution is 5.16. The Morgan fingerprint density at radius 3 is 2.28 bits per heavy atom. The molecular weight excluding hydrogens is 228 g/mol. The summed E-state index contributed by atoms with van der Waals surface area (Å²) in [6.07, 6.45) is 1.78. The minimum atomic E-state index is 0.384. The Morgan fingerprint density at radius 1 is 1.00 bits per heavy atom. The van der Waals surface area contributed by atoms with E-state index in [1.165, 1.54) is 0 Å². The zero-order valence-electron chi connectivity index (χ0n) is 11.1. The fourth-order valence-corrected chi connectivity index (χ4v) is 1.65. The van der Waals surface area contributed by atoms with Crippen LogP contribution in [0.15, 0.2) is 12.3 Å². The van der Waals surface area contributed by atoms with Crippen molar-refractivity contribution < 1.29 is 4.74 Å². The lowest BCUT2D eigenvalue weighted by molar-refractivity contribution is 0.277. The van der Waals surface area contributed by atoms with E-state index in [-0.39, 0.29) is 0 Å². The number of aromatic nitrogens is 4. The molecular formula is C13H16N4O. The predicted molar refractivity (Wildman–Crippen MR) is 67.3 cm³/mol. The Morgan fingerprint density at radius 2 is 1.67 bits per heavy atom. The minimum Gasteiger partial charge on any atom is -0.458 e. The van der Waals surface area contributed by atoms with E-state index in [4.69, 9.17) is 4.74 Å². The third-order valence-corrected chi connectivity index (χ3v) is 2.52. The van der Waals surface area contributed by atoms with Crippen LogP contribution in [0.5, 0.6) is 6.01 Å². The van der Waals surface area contributed by atoms with Crippen molar-refractivity contribution in [3.63, 3.8) is 0 Å². The number of ether oxygens (including phenoxy) is 1. The Bertz CT molecular complexity index is 549. The second kappa shape index (κ2) is 5.08. The average molecular weight is 244 g/mol. The van der Waals surface area contributed by atoms with Crippen LogP contribution in [0.4, 0.5) is 0 Å². The van der Waals surface area contributed by atoms with Gasteiger partial charge in [0.05, 0.1) is 0 Å². The normalized spacial score (nSPS) is 10.4. The highest BCUT2D eigenvalue weighted by Gasteiger charge is 2.05. The fourth-order valence-electron chi connectivity index (χ4n) is 1.65. The maximum atomic E-state index is 5.57. The van der Waals surface area contributed by atoms with E-state index in [1.807, 2.05) is 33.8 Å². The van der Waals surface area contributed by atoms with Crippen LogP contribution in [0.25, 0.3) is 0 Å². The van der Waals surface area contributed by atoms with Gasteiger partial charge in [-0.05, 0) is 33.8 Å². The molecule has 0 unspecified atom stereocenters. The molecule has 2 aromatic heterocycles. The molecule has 0 bridgehead atoms. The lowest BCUT2D eigenvalue weighted by atomic mass is 10.2. The Balaban J connectivity index is 2.11. The highest BCUT2D eigenvalue weighted by Crippen LogP contribution is 2.10.